The zero-order chi connectivity index (χ0) is 13.7. The smallest absolute Gasteiger partial charge is 0.333 e. The molecule has 5 heteroatoms. The van der Waals surface area contributed by atoms with Gasteiger partial charge in [-0.3, -0.25) is 0 Å². The molecule has 0 aliphatic rings. The second kappa shape index (κ2) is 6.73. The first-order chi connectivity index (χ1) is 9.20. The van der Waals surface area contributed by atoms with Crippen molar-refractivity contribution in [1.29, 1.82) is 0 Å². The fourth-order valence-electron chi connectivity index (χ4n) is 1.69. The van der Waals surface area contributed by atoms with Crippen LogP contribution in [0.5, 0.6) is 0 Å². The molecule has 2 rings (SSSR count). The van der Waals surface area contributed by atoms with Gasteiger partial charge in [-0.25, -0.2) is 4.79 Å². The molecule has 0 fully saturated rings. The Hall–Kier alpha value is -1.33. The SMILES string of the molecule is CCOC(=O)C(Nc1cccc(Br)c1)c1ccsc1. The lowest BCUT2D eigenvalue weighted by Gasteiger charge is -2.17. The highest BCUT2D eigenvalue weighted by Gasteiger charge is 2.22. The monoisotopic (exact) mass is 339 g/mol. The fourth-order valence-corrected chi connectivity index (χ4v) is 2.77. The van der Waals surface area contributed by atoms with Crippen molar-refractivity contribution in [1.82, 2.24) is 0 Å². The summed E-state index contributed by atoms with van der Waals surface area (Å²) >= 11 is 4.97. The quantitative estimate of drug-likeness (QED) is 0.828. The number of nitrogens with one attached hydrogen (secondary N) is 1. The Morgan fingerprint density at radius 2 is 2.32 bits per heavy atom. The van der Waals surface area contributed by atoms with Crippen molar-refractivity contribution in [3.63, 3.8) is 0 Å². The number of ether oxygens (including phenoxy) is 1. The van der Waals surface area contributed by atoms with Gasteiger partial charge in [0.15, 0.2) is 6.04 Å². The van der Waals surface area contributed by atoms with E-state index in [0.717, 1.165) is 15.7 Å². The maximum absolute atomic E-state index is 12.0. The Kier molecular flexibility index (Phi) is 4.99. The van der Waals surface area contributed by atoms with Crippen LogP contribution >= 0.6 is 27.3 Å². The Morgan fingerprint density at radius 1 is 1.47 bits per heavy atom. The first-order valence-electron chi connectivity index (χ1n) is 5.91. The number of hydrogen-bond donors (Lipinski definition) is 1. The average Bonchev–Trinajstić information content (AvgIpc) is 2.90. The normalized spacial score (nSPS) is 11.9. The van der Waals surface area contributed by atoms with Crippen molar-refractivity contribution in [2.75, 3.05) is 11.9 Å². The van der Waals surface area contributed by atoms with Gasteiger partial charge in [0.1, 0.15) is 0 Å². The number of hydrogen-bond acceptors (Lipinski definition) is 4. The van der Waals surface area contributed by atoms with Gasteiger partial charge in [-0.05, 0) is 47.5 Å². The molecule has 19 heavy (non-hydrogen) atoms. The Morgan fingerprint density at radius 3 is 2.95 bits per heavy atom. The molecule has 0 saturated carbocycles. The summed E-state index contributed by atoms with van der Waals surface area (Å²) in [5, 5.41) is 7.11. The molecule has 0 bridgehead atoms. The van der Waals surface area contributed by atoms with Crippen LogP contribution in [0.15, 0.2) is 45.6 Å². The first-order valence-corrected chi connectivity index (χ1v) is 7.65. The highest BCUT2D eigenvalue weighted by molar-refractivity contribution is 9.10. The van der Waals surface area contributed by atoms with E-state index in [1.165, 1.54) is 0 Å². The summed E-state index contributed by atoms with van der Waals surface area (Å²) in [5.74, 6) is -0.263. The third-order valence-corrected chi connectivity index (χ3v) is 3.73. The fraction of sp³-hybridized carbons (Fsp3) is 0.214. The van der Waals surface area contributed by atoms with E-state index >= 15 is 0 Å². The Labute approximate surface area is 124 Å². The second-order valence-corrected chi connectivity index (χ2v) is 5.59. The standard InChI is InChI=1S/C14H14BrNO2S/c1-2-18-14(17)13(10-6-7-19-9-10)16-12-5-3-4-11(15)8-12/h3-9,13,16H,2H2,1H3. The molecule has 0 radical (unpaired) electrons. The molecule has 0 aliphatic carbocycles. The number of thiophene rings is 1. The topological polar surface area (TPSA) is 38.3 Å². The third kappa shape index (κ3) is 3.81. The van der Waals surface area contributed by atoms with E-state index in [9.17, 15) is 4.79 Å². The minimum absolute atomic E-state index is 0.263. The lowest BCUT2D eigenvalue weighted by molar-refractivity contribution is -0.144. The van der Waals surface area contributed by atoms with Crippen LogP contribution in [-0.2, 0) is 9.53 Å². The molecule has 1 aromatic heterocycles. The number of esters is 1. The lowest BCUT2D eigenvalue weighted by atomic mass is 10.1. The van der Waals surface area contributed by atoms with Gasteiger partial charge in [-0.2, -0.15) is 11.3 Å². The zero-order valence-corrected chi connectivity index (χ0v) is 12.8. The molecular formula is C14H14BrNO2S. The Balaban J connectivity index is 2.21. The molecule has 3 nitrogen and oxygen atoms in total. The highest BCUT2D eigenvalue weighted by Crippen LogP contribution is 2.24. The summed E-state index contributed by atoms with van der Waals surface area (Å²) in [5.41, 5.74) is 1.79. The zero-order valence-electron chi connectivity index (χ0n) is 10.4. The predicted molar refractivity (Wildman–Crippen MR) is 81.5 cm³/mol. The van der Waals surface area contributed by atoms with Crippen LogP contribution in [0.1, 0.15) is 18.5 Å². The van der Waals surface area contributed by atoms with Crippen molar-refractivity contribution in [2.45, 2.75) is 13.0 Å². The van der Waals surface area contributed by atoms with Crippen molar-refractivity contribution in [2.24, 2.45) is 0 Å². The van der Waals surface area contributed by atoms with Crippen molar-refractivity contribution in [3.05, 3.63) is 51.1 Å². The summed E-state index contributed by atoms with van der Waals surface area (Å²) in [7, 11) is 0. The number of halogens is 1. The molecule has 1 N–H and O–H groups in total. The van der Waals surface area contributed by atoms with E-state index in [4.69, 9.17) is 4.74 Å². The van der Waals surface area contributed by atoms with Crippen LogP contribution in [0, 0.1) is 0 Å². The van der Waals surface area contributed by atoms with Gasteiger partial charge in [0.05, 0.1) is 6.61 Å². The average molecular weight is 340 g/mol. The minimum Gasteiger partial charge on any atom is -0.464 e. The van der Waals surface area contributed by atoms with E-state index < -0.39 is 6.04 Å². The van der Waals surface area contributed by atoms with E-state index in [1.54, 1.807) is 11.3 Å². The maximum Gasteiger partial charge on any atom is 0.333 e. The molecule has 0 saturated heterocycles. The largest absolute Gasteiger partial charge is 0.464 e. The summed E-state index contributed by atoms with van der Waals surface area (Å²) in [6.07, 6.45) is 0. The molecule has 1 aromatic carbocycles. The van der Waals surface area contributed by atoms with Gasteiger partial charge >= 0.3 is 5.97 Å². The molecule has 0 spiro atoms. The number of anilines is 1. The van der Waals surface area contributed by atoms with Gasteiger partial charge in [0.2, 0.25) is 0 Å². The number of benzene rings is 1. The van der Waals surface area contributed by atoms with E-state index in [1.807, 2.05) is 48.0 Å². The summed E-state index contributed by atoms with van der Waals surface area (Å²) in [4.78, 5) is 12.0. The van der Waals surface area contributed by atoms with Gasteiger partial charge in [-0.1, -0.05) is 22.0 Å². The van der Waals surface area contributed by atoms with E-state index in [0.29, 0.717) is 6.61 Å². The maximum atomic E-state index is 12.0. The van der Waals surface area contributed by atoms with E-state index in [-0.39, 0.29) is 5.97 Å². The van der Waals surface area contributed by atoms with Crippen LogP contribution in [-0.4, -0.2) is 12.6 Å². The molecule has 0 aliphatic heterocycles. The molecule has 1 unspecified atom stereocenters. The Bertz CT molecular complexity index is 542. The van der Waals surface area contributed by atoms with Gasteiger partial charge < -0.3 is 10.1 Å². The third-order valence-electron chi connectivity index (χ3n) is 2.53. The predicted octanol–water partition coefficient (Wildman–Crippen LogP) is 4.23. The van der Waals surface area contributed by atoms with Gasteiger partial charge in [-0.15, -0.1) is 0 Å². The van der Waals surface area contributed by atoms with Crippen LogP contribution in [0.2, 0.25) is 0 Å². The molecule has 100 valence electrons. The van der Waals surface area contributed by atoms with Crippen molar-refractivity contribution in [3.8, 4) is 0 Å². The highest BCUT2D eigenvalue weighted by atomic mass is 79.9. The van der Waals surface area contributed by atoms with Crippen LogP contribution in [0.3, 0.4) is 0 Å². The number of rotatable bonds is 5. The molecule has 2 aromatic rings. The van der Waals surface area contributed by atoms with Gasteiger partial charge in [0, 0.05) is 10.2 Å². The summed E-state index contributed by atoms with van der Waals surface area (Å²) in [6.45, 7) is 2.18. The number of carbonyl (C=O) groups is 1. The molecule has 0 amide bonds. The molecule has 1 heterocycles. The lowest BCUT2D eigenvalue weighted by Crippen LogP contribution is -2.22. The van der Waals surface area contributed by atoms with Crippen LogP contribution in [0.25, 0.3) is 0 Å². The van der Waals surface area contributed by atoms with Crippen molar-refractivity contribution < 1.29 is 9.53 Å². The van der Waals surface area contributed by atoms with Gasteiger partial charge in [0.25, 0.3) is 0 Å². The van der Waals surface area contributed by atoms with Crippen molar-refractivity contribution >= 4 is 38.9 Å². The van der Waals surface area contributed by atoms with Crippen LogP contribution in [0.4, 0.5) is 5.69 Å². The second-order valence-electron chi connectivity index (χ2n) is 3.90. The summed E-state index contributed by atoms with van der Waals surface area (Å²) < 4.78 is 6.09. The first kappa shape index (κ1) is 14.1. The minimum atomic E-state index is -0.472. The molecule has 1 atom stereocenters. The van der Waals surface area contributed by atoms with Crippen LogP contribution < -0.4 is 5.32 Å². The number of carbonyl (C=O) groups excluding carboxylic acids is 1. The van der Waals surface area contributed by atoms with E-state index in [2.05, 4.69) is 21.2 Å². The summed E-state index contributed by atoms with van der Waals surface area (Å²) in [6, 6.07) is 9.16. The molecular weight excluding hydrogens is 326 g/mol.